The number of carbonyl (C=O) groups excluding carboxylic acids is 1. The van der Waals surface area contributed by atoms with Crippen LogP contribution in [0, 0.1) is 5.82 Å². The molecule has 1 saturated heterocycles. The van der Waals surface area contributed by atoms with Crippen molar-refractivity contribution in [2.24, 2.45) is 4.02 Å². The SMILES string of the molecule is CCOc1cc2c(c(F)c1OCC)C(=NBr)N(CC(=O)c1cc(N3CCOCC3)c(OC)c(C(C)(C)C)c1)C2. The van der Waals surface area contributed by atoms with E-state index in [4.69, 9.17) is 18.9 Å². The number of fused-ring (bicyclic) bond motifs is 1. The molecule has 0 amide bonds. The van der Waals surface area contributed by atoms with Gasteiger partial charge in [-0.3, -0.25) is 4.79 Å². The summed E-state index contributed by atoms with van der Waals surface area (Å²) in [4.78, 5) is 17.8. The molecule has 0 unspecified atom stereocenters. The third-order valence-corrected chi connectivity index (χ3v) is 7.25. The predicted octanol–water partition coefficient (Wildman–Crippen LogP) is 5.52. The molecular weight excluding hydrogens is 569 g/mol. The first-order valence-corrected chi connectivity index (χ1v) is 14.0. The number of benzene rings is 2. The summed E-state index contributed by atoms with van der Waals surface area (Å²) in [6.45, 7) is 13.6. The molecule has 0 N–H and O–H groups in total. The molecule has 8 nitrogen and oxygen atoms in total. The Morgan fingerprint density at radius 2 is 1.79 bits per heavy atom. The maximum atomic E-state index is 15.7. The van der Waals surface area contributed by atoms with Crippen LogP contribution in [0.15, 0.2) is 22.2 Å². The fraction of sp³-hybridized carbons (Fsp3) is 0.517. The molecule has 39 heavy (non-hydrogen) atoms. The highest BCUT2D eigenvalue weighted by atomic mass is 79.9. The third kappa shape index (κ3) is 5.87. The van der Waals surface area contributed by atoms with E-state index < -0.39 is 5.82 Å². The summed E-state index contributed by atoms with van der Waals surface area (Å²) in [6.07, 6.45) is 0. The molecule has 0 atom stereocenters. The number of ketones is 1. The second-order valence-electron chi connectivity index (χ2n) is 10.5. The normalized spacial score (nSPS) is 16.5. The van der Waals surface area contributed by atoms with Gasteiger partial charge in [-0.25, -0.2) is 4.39 Å². The number of rotatable bonds is 9. The smallest absolute Gasteiger partial charge is 0.197 e. The van der Waals surface area contributed by atoms with Crippen molar-refractivity contribution in [1.82, 2.24) is 4.90 Å². The number of anilines is 1. The zero-order valence-corrected chi connectivity index (χ0v) is 25.1. The van der Waals surface area contributed by atoms with Crippen molar-refractivity contribution < 1.29 is 28.1 Å². The molecule has 2 aliphatic rings. The summed E-state index contributed by atoms with van der Waals surface area (Å²) in [7, 11) is 1.66. The monoisotopic (exact) mass is 605 g/mol. The molecule has 2 aromatic rings. The standard InChI is InChI=1S/C29H37BrFN3O5/c1-7-38-23-15-19-16-34(28(32-30)24(19)25(31)27(23)39-8-2)17-22(35)18-13-20(29(3,4)5)26(36-6)21(14-18)33-9-11-37-12-10-33/h13-15H,7-12,16-17H2,1-6H3. The van der Waals surface area contributed by atoms with Crippen LogP contribution in [0.1, 0.15) is 61.7 Å². The van der Waals surface area contributed by atoms with E-state index in [-0.39, 0.29) is 30.1 Å². The summed E-state index contributed by atoms with van der Waals surface area (Å²) in [5, 5.41) is 0. The molecule has 0 aromatic heterocycles. The van der Waals surface area contributed by atoms with E-state index in [9.17, 15) is 4.79 Å². The van der Waals surface area contributed by atoms with Crippen molar-refractivity contribution in [3.8, 4) is 17.2 Å². The van der Waals surface area contributed by atoms with Crippen LogP contribution in [0.2, 0.25) is 0 Å². The summed E-state index contributed by atoms with van der Waals surface area (Å²) in [6, 6.07) is 5.59. The number of morpholine rings is 1. The van der Waals surface area contributed by atoms with E-state index >= 15 is 4.39 Å². The van der Waals surface area contributed by atoms with Crippen LogP contribution in [-0.4, -0.2) is 69.7 Å². The van der Waals surface area contributed by atoms with Crippen LogP contribution in [0.4, 0.5) is 10.1 Å². The maximum absolute atomic E-state index is 15.7. The van der Waals surface area contributed by atoms with E-state index in [0.717, 1.165) is 17.0 Å². The minimum Gasteiger partial charge on any atom is -0.494 e. The van der Waals surface area contributed by atoms with Gasteiger partial charge in [0.1, 0.15) is 11.6 Å². The molecule has 4 rings (SSSR count). The van der Waals surface area contributed by atoms with Gasteiger partial charge in [0.05, 0.1) is 67.5 Å². The zero-order valence-electron chi connectivity index (χ0n) is 23.5. The average Bonchev–Trinajstić information content (AvgIpc) is 3.27. The Morgan fingerprint density at radius 3 is 2.38 bits per heavy atom. The van der Waals surface area contributed by atoms with E-state index in [0.29, 0.717) is 67.7 Å². The fourth-order valence-electron chi connectivity index (χ4n) is 5.08. The lowest BCUT2D eigenvalue weighted by atomic mass is 9.84. The van der Waals surface area contributed by atoms with E-state index in [2.05, 4.69) is 45.8 Å². The van der Waals surface area contributed by atoms with Crippen molar-refractivity contribution in [2.75, 3.05) is 58.1 Å². The van der Waals surface area contributed by atoms with Crippen LogP contribution in [0.3, 0.4) is 0 Å². The lowest BCUT2D eigenvalue weighted by molar-refractivity contribution is 0.0963. The molecule has 0 spiro atoms. The number of amidine groups is 1. The first-order chi connectivity index (χ1) is 18.6. The lowest BCUT2D eigenvalue weighted by Crippen LogP contribution is -2.37. The second kappa shape index (κ2) is 12.1. The van der Waals surface area contributed by atoms with Gasteiger partial charge in [-0.05, 0) is 43.0 Å². The number of carbonyl (C=O) groups is 1. The molecule has 10 heteroatoms. The lowest BCUT2D eigenvalue weighted by Gasteiger charge is -2.33. The Labute approximate surface area is 238 Å². The number of ether oxygens (including phenoxy) is 4. The molecule has 2 heterocycles. The highest BCUT2D eigenvalue weighted by molar-refractivity contribution is 9.08. The molecule has 0 radical (unpaired) electrons. The van der Waals surface area contributed by atoms with Crippen molar-refractivity contribution in [2.45, 2.75) is 46.6 Å². The first-order valence-electron chi connectivity index (χ1n) is 13.3. The number of methoxy groups -OCH3 is 1. The third-order valence-electron chi connectivity index (χ3n) is 6.91. The van der Waals surface area contributed by atoms with Gasteiger partial charge in [-0.1, -0.05) is 20.8 Å². The molecule has 2 aliphatic heterocycles. The highest BCUT2D eigenvalue weighted by Crippen LogP contribution is 2.42. The highest BCUT2D eigenvalue weighted by Gasteiger charge is 2.35. The van der Waals surface area contributed by atoms with Crippen molar-refractivity contribution in [3.63, 3.8) is 0 Å². The van der Waals surface area contributed by atoms with Gasteiger partial charge >= 0.3 is 0 Å². The molecule has 0 aliphatic carbocycles. The topological polar surface area (TPSA) is 72.8 Å². The Bertz CT molecular complexity index is 1250. The summed E-state index contributed by atoms with van der Waals surface area (Å²) in [5.41, 5.74) is 3.13. The van der Waals surface area contributed by atoms with Crippen molar-refractivity contribution in [3.05, 3.63) is 46.3 Å². The van der Waals surface area contributed by atoms with Crippen LogP contribution >= 0.6 is 16.1 Å². The minimum atomic E-state index is -0.542. The van der Waals surface area contributed by atoms with Gasteiger partial charge in [0.2, 0.25) is 0 Å². The van der Waals surface area contributed by atoms with Crippen LogP contribution in [0.25, 0.3) is 0 Å². The largest absolute Gasteiger partial charge is 0.494 e. The Balaban J connectivity index is 1.70. The van der Waals surface area contributed by atoms with E-state index in [1.165, 1.54) is 0 Å². The van der Waals surface area contributed by atoms with E-state index in [1.807, 2.05) is 19.1 Å². The van der Waals surface area contributed by atoms with Crippen LogP contribution < -0.4 is 19.1 Å². The van der Waals surface area contributed by atoms with Crippen molar-refractivity contribution in [1.29, 1.82) is 0 Å². The molecule has 0 saturated carbocycles. The van der Waals surface area contributed by atoms with Gasteiger partial charge in [-0.2, -0.15) is 4.02 Å². The van der Waals surface area contributed by atoms with Gasteiger partial charge in [-0.15, -0.1) is 0 Å². The Hall–Kier alpha value is -2.85. The molecule has 1 fully saturated rings. The summed E-state index contributed by atoms with van der Waals surface area (Å²) < 4.78 is 42.6. The maximum Gasteiger partial charge on any atom is 0.197 e. The van der Waals surface area contributed by atoms with Crippen molar-refractivity contribution >= 4 is 33.5 Å². The molecular formula is C29H37BrFN3O5. The minimum absolute atomic E-state index is 0.0188. The molecule has 212 valence electrons. The van der Waals surface area contributed by atoms with E-state index in [1.54, 1.807) is 25.0 Å². The van der Waals surface area contributed by atoms with Crippen LogP contribution in [-0.2, 0) is 16.7 Å². The Kier molecular flexibility index (Phi) is 9.06. The summed E-state index contributed by atoms with van der Waals surface area (Å²) in [5.74, 6) is 0.872. The first kappa shape index (κ1) is 29.1. The quantitative estimate of drug-likeness (QED) is 0.348. The fourth-order valence-corrected chi connectivity index (χ4v) is 5.48. The van der Waals surface area contributed by atoms with Gasteiger partial charge < -0.3 is 28.7 Å². The predicted molar refractivity (Wildman–Crippen MR) is 154 cm³/mol. The Morgan fingerprint density at radius 1 is 1.10 bits per heavy atom. The van der Waals surface area contributed by atoms with Crippen LogP contribution in [0.5, 0.6) is 17.2 Å². The summed E-state index contributed by atoms with van der Waals surface area (Å²) >= 11 is 3.16. The number of hydrogen-bond acceptors (Lipinski definition) is 7. The number of Topliss-reactive ketones (excluding diaryl/α,β-unsaturated/α-hetero) is 1. The zero-order chi connectivity index (χ0) is 28.3. The number of nitrogens with zero attached hydrogens (tertiary/aromatic N) is 3. The van der Waals surface area contributed by atoms with Gasteiger partial charge in [0, 0.05) is 30.8 Å². The van der Waals surface area contributed by atoms with Gasteiger partial charge in [0.15, 0.2) is 23.1 Å². The second-order valence-corrected chi connectivity index (χ2v) is 10.9. The molecule has 2 aromatic carbocycles. The van der Waals surface area contributed by atoms with Gasteiger partial charge in [0.25, 0.3) is 0 Å². The number of halogens is 2. The molecule has 0 bridgehead atoms. The average molecular weight is 607 g/mol. The number of hydrogen-bond donors (Lipinski definition) is 0.